The monoisotopic (exact) mass is 436 g/mol. The van der Waals surface area contributed by atoms with Crippen molar-refractivity contribution in [2.45, 2.75) is 13.8 Å². The molecule has 0 radical (unpaired) electrons. The Kier molecular flexibility index (Phi) is 5.17. The number of thiazole rings is 1. The van der Waals surface area contributed by atoms with Crippen LogP contribution in [0, 0.1) is 17.0 Å². The smallest absolute Gasteiger partial charge is 0.272 e. The first-order chi connectivity index (χ1) is 14.8. The van der Waals surface area contributed by atoms with Crippen molar-refractivity contribution >= 4 is 45.4 Å². The highest BCUT2D eigenvalue weighted by atomic mass is 32.1. The topological polar surface area (TPSA) is 132 Å². The third-order valence-corrected chi connectivity index (χ3v) is 5.28. The molecule has 11 heteroatoms. The molecule has 0 spiro atoms. The molecule has 0 atom stereocenters. The van der Waals surface area contributed by atoms with E-state index in [1.165, 1.54) is 36.5 Å². The Morgan fingerprint density at radius 2 is 1.87 bits per heavy atom. The first-order valence-corrected chi connectivity index (χ1v) is 9.98. The molecule has 0 bridgehead atoms. The molecule has 0 saturated carbocycles. The predicted molar refractivity (Wildman–Crippen MR) is 116 cm³/mol. The van der Waals surface area contributed by atoms with E-state index < -0.39 is 10.8 Å². The van der Waals surface area contributed by atoms with Gasteiger partial charge < -0.3 is 5.32 Å². The number of fused-ring (bicyclic) bond motifs is 1. The Labute approximate surface area is 179 Å². The summed E-state index contributed by atoms with van der Waals surface area (Å²) in [5, 5.41) is 22.5. The Bertz CT molecular complexity index is 1330. The second kappa shape index (κ2) is 7.95. The number of carbonyl (C=O) groups is 2. The zero-order valence-electron chi connectivity index (χ0n) is 16.4. The van der Waals surface area contributed by atoms with Crippen molar-refractivity contribution < 1.29 is 14.5 Å². The molecule has 31 heavy (non-hydrogen) atoms. The molecule has 4 aromatic rings. The van der Waals surface area contributed by atoms with Gasteiger partial charge in [0.05, 0.1) is 10.6 Å². The summed E-state index contributed by atoms with van der Waals surface area (Å²) < 4.78 is 1.62. The second-order valence-electron chi connectivity index (χ2n) is 6.72. The van der Waals surface area contributed by atoms with Gasteiger partial charge in [0.1, 0.15) is 0 Å². The third kappa shape index (κ3) is 4.12. The van der Waals surface area contributed by atoms with E-state index in [1.807, 2.05) is 17.5 Å². The van der Waals surface area contributed by atoms with E-state index in [0.717, 1.165) is 11.3 Å². The van der Waals surface area contributed by atoms with Crippen LogP contribution in [0.15, 0.2) is 47.8 Å². The summed E-state index contributed by atoms with van der Waals surface area (Å²) in [6.45, 7) is 3.02. The minimum absolute atomic E-state index is 0.0497. The van der Waals surface area contributed by atoms with E-state index in [4.69, 9.17) is 0 Å². The van der Waals surface area contributed by atoms with Gasteiger partial charge in [-0.2, -0.15) is 4.98 Å². The molecule has 2 aromatic heterocycles. The van der Waals surface area contributed by atoms with Crippen molar-refractivity contribution in [1.29, 1.82) is 0 Å². The number of benzene rings is 2. The van der Waals surface area contributed by atoms with Crippen LogP contribution in [0.1, 0.15) is 22.8 Å². The number of amides is 2. The van der Waals surface area contributed by atoms with Crippen LogP contribution in [-0.4, -0.2) is 31.3 Å². The van der Waals surface area contributed by atoms with Crippen LogP contribution in [0.2, 0.25) is 0 Å². The van der Waals surface area contributed by atoms with Gasteiger partial charge in [0.2, 0.25) is 10.9 Å². The maximum Gasteiger partial charge on any atom is 0.272 e. The molecule has 0 saturated heterocycles. The van der Waals surface area contributed by atoms with E-state index in [9.17, 15) is 19.7 Å². The number of nitrogens with zero attached hydrogens (tertiary/aromatic N) is 4. The Balaban J connectivity index is 1.56. The lowest BCUT2D eigenvalue weighted by molar-refractivity contribution is -0.385. The number of nitrogens with one attached hydrogen (secondary N) is 2. The van der Waals surface area contributed by atoms with Crippen LogP contribution in [0.4, 0.5) is 17.3 Å². The van der Waals surface area contributed by atoms with Crippen molar-refractivity contribution in [3.05, 3.63) is 69.1 Å². The van der Waals surface area contributed by atoms with E-state index in [1.54, 1.807) is 23.6 Å². The number of nitro groups is 1. The molecule has 4 rings (SSSR count). The van der Waals surface area contributed by atoms with Gasteiger partial charge in [-0.25, -0.2) is 4.52 Å². The fourth-order valence-corrected chi connectivity index (χ4v) is 3.87. The van der Waals surface area contributed by atoms with Crippen molar-refractivity contribution in [2.24, 2.45) is 0 Å². The van der Waals surface area contributed by atoms with Gasteiger partial charge in [-0.15, -0.1) is 16.4 Å². The standard InChI is InChI=1S/C20H16N6O4S/c1-11-9-14(5-8-16(11)26(29)30)18(28)22-19-23-20-25(24-19)17(10-31-20)13-3-6-15(7-4-13)21-12(2)27/h3-10H,1-2H3,(H,21,27)(H,22,24,28). The van der Waals surface area contributed by atoms with Crippen LogP contribution in [0.25, 0.3) is 16.2 Å². The van der Waals surface area contributed by atoms with Crippen molar-refractivity contribution in [2.75, 3.05) is 10.6 Å². The number of anilines is 2. The number of hydrogen-bond donors (Lipinski definition) is 2. The lowest BCUT2D eigenvalue weighted by Gasteiger charge is -2.04. The summed E-state index contributed by atoms with van der Waals surface area (Å²) in [7, 11) is 0. The summed E-state index contributed by atoms with van der Waals surface area (Å²) in [4.78, 5) is 39.1. The van der Waals surface area contributed by atoms with Crippen molar-refractivity contribution in [3.63, 3.8) is 0 Å². The van der Waals surface area contributed by atoms with Crippen LogP contribution < -0.4 is 10.6 Å². The number of rotatable bonds is 5. The Hall–Kier alpha value is -4.12. The van der Waals surface area contributed by atoms with Crippen molar-refractivity contribution in [3.8, 4) is 11.3 Å². The molecule has 156 valence electrons. The van der Waals surface area contributed by atoms with Gasteiger partial charge in [0, 0.05) is 40.7 Å². The predicted octanol–water partition coefficient (Wildman–Crippen LogP) is 3.89. The highest BCUT2D eigenvalue weighted by Crippen LogP contribution is 2.27. The molecule has 2 aromatic carbocycles. The summed E-state index contributed by atoms with van der Waals surface area (Å²) in [5.74, 6) is -0.480. The van der Waals surface area contributed by atoms with Gasteiger partial charge in [0.25, 0.3) is 17.5 Å². The zero-order valence-corrected chi connectivity index (χ0v) is 17.3. The van der Waals surface area contributed by atoms with Gasteiger partial charge in [0.15, 0.2) is 0 Å². The third-order valence-electron chi connectivity index (χ3n) is 4.46. The van der Waals surface area contributed by atoms with E-state index in [2.05, 4.69) is 20.7 Å². The van der Waals surface area contributed by atoms with E-state index >= 15 is 0 Å². The van der Waals surface area contributed by atoms with E-state index in [-0.39, 0.29) is 23.1 Å². The van der Waals surface area contributed by atoms with Crippen LogP contribution in [0.5, 0.6) is 0 Å². The van der Waals surface area contributed by atoms with Gasteiger partial charge in [-0.05, 0) is 31.2 Å². The molecule has 0 fully saturated rings. The number of hydrogen-bond acceptors (Lipinski definition) is 7. The molecule has 2 N–H and O–H groups in total. The number of nitro benzene ring substituents is 1. The van der Waals surface area contributed by atoms with Crippen LogP contribution in [0.3, 0.4) is 0 Å². The quantitative estimate of drug-likeness (QED) is 0.360. The minimum atomic E-state index is -0.494. The van der Waals surface area contributed by atoms with Gasteiger partial charge in [-0.1, -0.05) is 12.1 Å². The molecule has 2 heterocycles. The summed E-state index contributed by atoms with van der Waals surface area (Å²) in [6.07, 6.45) is 0. The number of carbonyl (C=O) groups excluding carboxylic acids is 2. The maximum absolute atomic E-state index is 12.5. The fraction of sp³-hybridized carbons (Fsp3) is 0.100. The first kappa shape index (κ1) is 20.2. The van der Waals surface area contributed by atoms with E-state index in [0.29, 0.717) is 16.2 Å². The summed E-state index contributed by atoms with van der Waals surface area (Å²) in [6, 6.07) is 11.4. The molecule has 2 amide bonds. The fourth-order valence-electron chi connectivity index (χ4n) is 3.04. The zero-order chi connectivity index (χ0) is 22.1. The molecular weight excluding hydrogens is 420 g/mol. The molecule has 0 aliphatic rings. The lowest BCUT2D eigenvalue weighted by atomic mass is 10.1. The highest BCUT2D eigenvalue weighted by molar-refractivity contribution is 7.15. The second-order valence-corrected chi connectivity index (χ2v) is 7.56. The van der Waals surface area contributed by atoms with Crippen molar-refractivity contribution in [1.82, 2.24) is 14.6 Å². The molecular formula is C20H16N6O4S. The lowest BCUT2D eigenvalue weighted by Crippen LogP contribution is -2.13. The van der Waals surface area contributed by atoms with Crippen LogP contribution in [-0.2, 0) is 4.79 Å². The number of aromatic nitrogens is 3. The average molecular weight is 436 g/mol. The summed E-state index contributed by atoms with van der Waals surface area (Å²) >= 11 is 1.37. The SMILES string of the molecule is CC(=O)Nc1ccc(-c2csc3nc(NC(=O)c4ccc([N+](=O)[O-])c(C)c4)nn23)cc1. The maximum atomic E-state index is 12.5. The first-order valence-electron chi connectivity index (χ1n) is 9.10. The highest BCUT2D eigenvalue weighted by Gasteiger charge is 2.17. The molecule has 0 aliphatic heterocycles. The normalized spacial score (nSPS) is 10.8. The largest absolute Gasteiger partial charge is 0.326 e. The summed E-state index contributed by atoms with van der Waals surface area (Å²) in [5.41, 5.74) is 2.96. The molecule has 0 aliphatic carbocycles. The van der Waals surface area contributed by atoms with Gasteiger partial charge >= 0.3 is 0 Å². The number of aryl methyl sites for hydroxylation is 1. The minimum Gasteiger partial charge on any atom is -0.326 e. The Morgan fingerprint density at radius 1 is 1.13 bits per heavy atom. The van der Waals surface area contributed by atoms with Crippen LogP contribution >= 0.6 is 11.3 Å². The molecule has 10 nitrogen and oxygen atoms in total. The Morgan fingerprint density at radius 3 is 2.52 bits per heavy atom. The molecule has 0 unspecified atom stereocenters. The van der Waals surface area contributed by atoms with Gasteiger partial charge in [-0.3, -0.25) is 25.0 Å². The average Bonchev–Trinajstić information content (AvgIpc) is 3.28.